The number of aromatic nitrogens is 3. The van der Waals surface area contributed by atoms with Crippen LogP contribution in [-0.4, -0.2) is 15.1 Å². The second-order valence-electron chi connectivity index (χ2n) is 4.37. The summed E-state index contributed by atoms with van der Waals surface area (Å²) in [5.74, 6) is 0.788. The van der Waals surface area contributed by atoms with Gasteiger partial charge in [-0.25, -0.2) is 0 Å². The van der Waals surface area contributed by atoms with E-state index in [9.17, 15) is 0 Å². The van der Waals surface area contributed by atoms with Crippen LogP contribution in [0.25, 0.3) is 11.5 Å². The third-order valence-corrected chi connectivity index (χ3v) is 3.58. The molecular formula is C14H10Cl2N4O. The maximum Gasteiger partial charge on any atom is 0.261 e. The Hall–Kier alpha value is -2.11. The molecule has 0 atom stereocenters. The van der Waals surface area contributed by atoms with Crippen molar-refractivity contribution in [1.29, 1.82) is 0 Å². The Kier molecular flexibility index (Phi) is 3.77. The van der Waals surface area contributed by atoms with Gasteiger partial charge in [-0.1, -0.05) is 28.4 Å². The zero-order valence-electron chi connectivity index (χ0n) is 10.8. The van der Waals surface area contributed by atoms with E-state index in [0.717, 1.165) is 5.56 Å². The van der Waals surface area contributed by atoms with Gasteiger partial charge in [-0.05, 0) is 29.8 Å². The molecule has 7 heteroatoms. The Bertz CT molecular complexity index is 774. The van der Waals surface area contributed by atoms with E-state index in [2.05, 4.69) is 15.1 Å². The molecule has 1 aromatic carbocycles. The number of hydrogen-bond acceptors (Lipinski definition) is 5. The molecule has 0 unspecified atom stereocenters. The maximum atomic E-state index is 6.13. The topological polar surface area (TPSA) is 77.8 Å². The highest BCUT2D eigenvalue weighted by molar-refractivity contribution is 6.37. The molecule has 21 heavy (non-hydrogen) atoms. The van der Waals surface area contributed by atoms with Crippen LogP contribution >= 0.6 is 23.2 Å². The van der Waals surface area contributed by atoms with E-state index in [0.29, 0.717) is 33.5 Å². The number of nitrogen functional groups attached to an aromatic ring is 1. The molecule has 2 N–H and O–H groups in total. The van der Waals surface area contributed by atoms with Gasteiger partial charge in [0.15, 0.2) is 5.82 Å². The maximum absolute atomic E-state index is 6.13. The smallest absolute Gasteiger partial charge is 0.261 e. The van der Waals surface area contributed by atoms with Crippen molar-refractivity contribution in [2.24, 2.45) is 0 Å². The van der Waals surface area contributed by atoms with Gasteiger partial charge in [0.05, 0.1) is 21.3 Å². The van der Waals surface area contributed by atoms with Crippen molar-refractivity contribution in [3.63, 3.8) is 0 Å². The van der Waals surface area contributed by atoms with Crippen LogP contribution in [0.1, 0.15) is 11.4 Å². The van der Waals surface area contributed by atoms with Gasteiger partial charge in [0.25, 0.3) is 5.89 Å². The van der Waals surface area contributed by atoms with Crippen molar-refractivity contribution in [2.45, 2.75) is 6.42 Å². The summed E-state index contributed by atoms with van der Waals surface area (Å²) in [5.41, 5.74) is 7.73. The van der Waals surface area contributed by atoms with E-state index >= 15 is 0 Å². The van der Waals surface area contributed by atoms with Crippen molar-refractivity contribution >= 4 is 28.9 Å². The van der Waals surface area contributed by atoms with Crippen LogP contribution in [0.2, 0.25) is 10.0 Å². The number of pyridine rings is 1. The minimum atomic E-state index is 0.254. The lowest BCUT2D eigenvalue weighted by Gasteiger charge is -2.04. The Morgan fingerprint density at radius 1 is 1.05 bits per heavy atom. The van der Waals surface area contributed by atoms with Crippen molar-refractivity contribution in [2.75, 3.05) is 5.73 Å². The Labute approximate surface area is 130 Å². The summed E-state index contributed by atoms with van der Waals surface area (Å²) in [6.07, 6.45) is 3.95. The molecule has 3 aromatic rings. The van der Waals surface area contributed by atoms with Crippen LogP contribution < -0.4 is 5.73 Å². The van der Waals surface area contributed by atoms with E-state index in [1.807, 2.05) is 12.1 Å². The molecule has 0 amide bonds. The Balaban J connectivity index is 1.94. The largest absolute Gasteiger partial charge is 0.397 e. The fourth-order valence-corrected chi connectivity index (χ4v) is 2.30. The van der Waals surface area contributed by atoms with Crippen molar-refractivity contribution < 1.29 is 4.52 Å². The number of halogens is 2. The molecular weight excluding hydrogens is 311 g/mol. The van der Waals surface area contributed by atoms with E-state index < -0.39 is 0 Å². The van der Waals surface area contributed by atoms with Crippen LogP contribution in [0.15, 0.2) is 41.2 Å². The predicted molar refractivity (Wildman–Crippen MR) is 81.2 cm³/mol. The van der Waals surface area contributed by atoms with Crippen molar-refractivity contribution in [3.8, 4) is 11.5 Å². The zero-order valence-corrected chi connectivity index (χ0v) is 12.3. The second-order valence-corrected chi connectivity index (χ2v) is 5.18. The van der Waals surface area contributed by atoms with Gasteiger partial charge in [0, 0.05) is 18.8 Å². The van der Waals surface area contributed by atoms with Gasteiger partial charge in [0.2, 0.25) is 0 Å². The molecule has 0 fully saturated rings. The Morgan fingerprint density at radius 2 is 1.76 bits per heavy atom. The molecule has 5 nitrogen and oxygen atoms in total. The molecule has 0 radical (unpaired) electrons. The average Bonchev–Trinajstić information content (AvgIpc) is 2.93. The minimum Gasteiger partial charge on any atom is -0.397 e. The third kappa shape index (κ3) is 2.84. The lowest BCUT2D eigenvalue weighted by molar-refractivity contribution is 0.424. The summed E-state index contributed by atoms with van der Waals surface area (Å²) in [6, 6.07) is 7.03. The molecule has 0 spiro atoms. The molecule has 0 saturated carbocycles. The normalized spacial score (nSPS) is 10.8. The van der Waals surface area contributed by atoms with Crippen LogP contribution in [-0.2, 0) is 6.42 Å². The number of rotatable bonds is 3. The number of anilines is 1. The molecule has 0 aliphatic carbocycles. The summed E-state index contributed by atoms with van der Waals surface area (Å²) in [5, 5.41) is 4.74. The van der Waals surface area contributed by atoms with E-state index in [1.54, 1.807) is 24.5 Å². The summed E-state index contributed by atoms with van der Waals surface area (Å²) in [4.78, 5) is 8.28. The molecule has 2 aromatic heterocycles. The van der Waals surface area contributed by atoms with Gasteiger partial charge < -0.3 is 10.3 Å². The summed E-state index contributed by atoms with van der Waals surface area (Å²) in [6.45, 7) is 0. The van der Waals surface area contributed by atoms with Crippen LogP contribution in [0, 0.1) is 0 Å². The molecule has 106 valence electrons. The first-order valence-electron chi connectivity index (χ1n) is 6.10. The molecule has 0 bridgehead atoms. The highest BCUT2D eigenvalue weighted by atomic mass is 35.5. The van der Waals surface area contributed by atoms with Crippen molar-refractivity contribution in [3.05, 3.63) is 58.1 Å². The SMILES string of the molecule is Nc1c(Cl)ccc(Cl)c1-c1nc(Cc2ccncc2)no1. The molecule has 0 saturated heterocycles. The average molecular weight is 321 g/mol. The van der Waals surface area contributed by atoms with E-state index in [4.69, 9.17) is 33.5 Å². The Morgan fingerprint density at radius 3 is 2.52 bits per heavy atom. The summed E-state index contributed by atoms with van der Waals surface area (Å²) in [7, 11) is 0. The lowest BCUT2D eigenvalue weighted by Crippen LogP contribution is -1.94. The van der Waals surface area contributed by atoms with Gasteiger partial charge >= 0.3 is 0 Å². The van der Waals surface area contributed by atoms with E-state index in [1.165, 1.54) is 0 Å². The fourth-order valence-electron chi connectivity index (χ4n) is 1.90. The molecule has 3 rings (SSSR count). The van der Waals surface area contributed by atoms with Gasteiger partial charge in [-0.15, -0.1) is 0 Å². The summed E-state index contributed by atoms with van der Waals surface area (Å²) < 4.78 is 5.24. The fraction of sp³-hybridized carbons (Fsp3) is 0.0714. The van der Waals surface area contributed by atoms with Gasteiger partial charge in [0.1, 0.15) is 0 Å². The second kappa shape index (κ2) is 5.71. The third-order valence-electron chi connectivity index (χ3n) is 2.94. The van der Waals surface area contributed by atoms with Crippen LogP contribution in [0.5, 0.6) is 0 Å². The highest BCUT2D eigenvalue weighted by Crippen LogP contribution is 2.36. The van der Waals surface area contributed by atoms with Crippen LogP contribution in [0.4, 0.5) is 5.69 Å². The van der Waals surface area contributed by atoms with Gasteiger partial charge in [-0.2, -0.15) is 4.98 Å². The predicted octanol–water partition coefficient (Wildman–Crippen LogP) is 3.61. The van der Waals surface area contributed by atoms with Crippen molar-refractivity contribution in [1.82, 2.24) is 15.1 Å². The monoisotopic (exact) mass is 320 g/mol. The molecule has 0 aliphatic rings. The van der Waals surface area contributed by atoms with Crippen LogP contribution in [0.3, 0.4) is 0 Å². The number of hydrogen-bond donors (Lipinski definition) is 1. The minimum absolute atomic E-state index is 0.254. The standard InChI is InChI=1S/C14H10Cl2N4O/c15-9-1-2-10(16)13(17)12(9)14-19-11(20-21-14)7-8-3-5-18-6-4-8/h1-6H,7,17H2. The highest BCUT2D eigenvalue weighted by Gasteiger charge is 2.17. The summed E-state index contributed by atoms with van der Waals surface area (Å²) >= 11 is 12.1. The molecule has 2 heterocycles. The first-order valence-corrected chi connectivity index (χ1v) is 6.86. The lowest BCUT2D eigenvalue weighted by atomic mass is 10.1. The first-order chi connectivity index (χ1) is 10.1. The number of benzene rings is 1. The number of nitrogens with zero attached hydrogens (tertiary/aromatic N) is 3. The number of nitrogens with two attached hydrogens (primary N) is 1. The van der Waals surface area contributed by atoms with Gasteiger partial charge in [-0.3, -0.25) is 4.98 Å². The zero-order chi connectivity index (χ0) is 14.8. The molecule has 0 aliphatic heterocycles. The first kappa shape index (κ1) is 13.9. The van der Waals surface area contributed by atoms with E-state index in [-0.39, 0.29) is 5.89 Å². The quantitative estimate of drug-likeness (QED) is 0.746.